The van der Waals surface area contributed by atoms with Crippen molar-refractivity contribution in [3.8, 4) is 5.75 Å². The van der Waals surface area contributed by atoms with Crippen molar-refractivity contribution in [3.63, 3.8) is 0 Å². The summed E-state index contributed by atoms with van der Waals surface area (Å²) in [6.07, 6.45) is -4.59. The number of alkyl halides is 2. The SMILES string of the molecule is CC(C)OC(=O)[C@H](C)NP(=O)(OCC1O[C@@H](n2ccc(NC(=O)C3CCCN(C)C3)nc2=O)C(F)(F)[C@@H]1O)Oc1ccccc1. The average Bonchev–Trinajstić information content (AvgIpc) is 3.19. The Kier molecular flexibility index (Phi) is 11.1. The lowest BCUT2D eigenvalue weighted by Crippen LogP contribution is -2.42. The summed E-state index contributed by atoms with van der Waals surface area (Å²) in [5, 5.41) is 15.4. The molecule has 0 bridgehead atoms. The molecule has 2 aromatic rings. The summed E-state index contributed by atoms with van der Waals surface area (Å²) in [7, 11) is -2.57. The first-order chi connectivity index (χ1) is 21.2. The van der Waals surface area contributed by atoms with E-state index in [-0.39, 0.29) is 23.4 Å². The number of nitrogens with one attached hydrogen (secondary N) is 2. The topological polar surface area (TPSA) is 171 Å². The molecule has 2 fully saturated rings. The van der Waals surface area contributed by atoms with Crippen LogP contribution in [0.2, 0.25) is 0 Å². The number of aliphatic hydroxyl groups is 1. The van der Waals surface area contributed by atoms with Crippen molar-refractivity contribution in [1.82, 2.24) is 19.5 Å². The Morgan fingerprint density at radius 1 is 1.22 bits per heavy atom. The number of amides is 1. The van der Waals surface area contributed by atoms with Crippen LogP contribution < -0.4 is 20.6 Å². The molecule has 2 saturated heterocycles. The van der Waals surface area contributed by atoms with Crippen molar-refractivity contribution >= 4 is 25.4 Å². The molecule has 0 spiro atoms. The molecule has 6 atom stereocenters. The number of hydrogen-bond acceptors (Lipinski definition) is 11. The summed E-state index contributed by atoms with van der Waals surface area (Å²) in [4.78, 5) is 43.5. The van der Waals surface area contributed by atoms with Crippen molar-refractivity contribution in [2.24, 2.45) is 5.92 Å². The van der Waals surface area contributed by atoms with Gasteiger partial charge in [0.15, 0.2) is 6.10 Å². The molecule has 1 amide bonds. The molecule has 0 aliphatic carbocycles. The minimum atomic E-state index is -4.46. The largest absolute Gasteiger partial charge is 0.462 e. The summed E-state index contributed by atoms with van der Waals surface area (Å²) >= 11 is 0. The Morgan fingerprint density at radius 3 is 2.58 bits per heavy atom. The number of carbonyl (C=O) groups excluding carboxylic acids is 2. The maximum Gasteiger partial charge on any atom is 0.459 e. The maximum absolute atomic E-state index is 15.2. The molecular formula is C28H38F2N5O9P. The number of aliphatic hydroxyl groups excluding tert-OH is 1. The van der Waals surface area contributed by atoms with Gasteiger partial charge in [-0.2, -0.15) is 18.9 Å². The number of aromatic nitrogens is 2. The van der Waals surface area contributed by atoms with Crippen LogP contribution in [0.1, 0.15) is 39.8 Å². The first-order valence-corrected chi connectivity index (χ1v) is 16.0. The molecule has 4 rings (SSSR count). The number of anilines is 1. The highest BCUT2D eigenvalue weighted by molar-refractivity contribution is 7.52. The van der Waals surface area contributed by atoms with E-state index in [1.807, 2.05) is 11.9 Å². The molecular weight excluding hydrogens is 619 g/mol. The summed E-state index contributed by atoms with van der Waals surface area (Å²) in [5.41, 5.74) is -1.16. The van der Waals surface area contributed by atoms with Gasteiger partial charge in [0.05, 0.1) is 18.6 Å². The van der Waals surface area contributed by atoms with Gasteiger partial charge in [-0.1, -0.05) is 18.2 Å². The van der Waals surface area contributed by atoms with E-state index >= 15 is 8.78 Å². The lowest BCUT2D eigenvalue weighted by molar-refractivity contribution is -0.149. The normalized spacial score (nSPS) is 25.3. The number of esters is 1. The van der Waals surface area contributed by atoms with E-state index < -0.39 is 62.5 Å². The average molecular weight is 658 g/mol. The standard InChI is InChI=1S/C28H38F2N5O9P/c1-17(2)42-25(38)18(3)33-45(40,44-20-10-6-5-7-11-20)41-16-21-23(36)28(29,30)26(43-21)35-14-12-22(32-27(35)39)31-24(37)19-9-8-13-34(4)15-19/h5-7,10-12,14,17-19,21,23,26,36H,8-9,13,15-16H2,1-4H3,(H,33,40)(H,31,32,37,39)/t18-,19?,21?,23+,26+,45?/m0/s1. The van der Waals surface area contributed by atoms with Gasteiger partial charge in [-0.3, -0.25) is 18.7 Å². The van der Waals surface area contributed by atoms with E-state index in [1.165, 1.54) is 25.1 Å². The van der Waals surface area contributed by atoms with Crippen LogP contribution in [0.3, 0.4) is 0 Å². The number of hydrogen-bond donors (Lipinski definition) is 3. The molecule has 0 saturated carbocycles. The summed E-state index contributed by atoms with van der Waals surface area (Å²) in [6.45, 7) is 5.11. The van der Waals surface area contributed by atoms with Crippen LogP contribution in [0.15, 0.2) is 47.4 Å². The molecule has 3 N–H and O–H groups in total. The minimum absolute atomic E-state index is 0.0779. The zero-order valence-electron chi connectivity index (χ0n) is 25.3. The number of para-hydroxylation sites is 1. The molecule has 3 heterocycles. The van der Waals surface area contributed by atoms with Crippen LogP contribution in [0, 0.1) is 5.92 Å². The quantitative estimate of drug-likeness (QED) is 0.226. The number of halogens is 2. The van der Waals surface area contributed by atoms with E-state index in [4.69, 9.17) is 18.5 Å². The maximum atomic E-state index is 15.2. The summed E-state index contributed by atoms with van der Waals surface area (Å²) in [6, 6.07) is 7.73. The van der Waals surface area contributed by atoms with E-state index in [2.05, 4.69) is 15.4 Å². The molecule has 17 heteroatoms. The van der Waals surface area contributed by atoms with E-state index in [0.29, 0.717) is 17.5 Å². The summed E-state index contributed by atoms with van der Waals surface area (Å²) < 4.78 is 66.0. The van der Waals surface area contributed by atoms with Crippen molar-refractivity contribution in [2.75, 3.05) is 32.1 Å². The van der Waals surface area contributed by atoms with E-state index in [1.54, 1.807) is 32.0 Å². The Bertz CT molecular complexity index is 1450. The lowest BCUT2D eigenvalue weighted by atomic mass is 9.98. The number of nitrogens with zero attached hydrogens (tertiary/aromatic N) is 3. The Hall–Kier alpha value is -3.27. The molecule has 45 heavy (non-hydrogen) atoms. The van der Waals surface area contributed by atoms with Gasteiger partial charge in [0.2, 0.25) is 12.1 Å². The summed E-state index contributed by atoms with van der Waals surface area (Å²) in [5.74, 6) is -5.48. The van der Waals surface area contributed by atoms with Gasteiger partial charge >= 0.3 is 25.3 Å². The highest BCUT2D eigenvalue weighted by Gasteiger charge is 2.60. The van der Waals surface area contributed by atoms with Crippen molar-refractivity contribution in [1.29, 1.82) is 0 Å². The highest BCUT2D eigenvalue weighted by Crippen LogP contribution is 2.48. The molecule has 3 unspecified atom stereocenters. The predicted molar refractivity (Wildman–Crippen MR) is 157 cm³/mol. The van der Waals surface area contributed by atoms with Crippen molar-refractivity contribution in [2.45, 2.75) is 70.1 Å². The van der Waals surface area contributed by atoms with Gasteiger partial charge in [0, 0.05) is 12.7 Å². The van der Waals surface area contributed by atoms with Gasteiger partial charge in [0.25, 0.3) is 0 Å². The molecule has 248 valence electrons. The Labute approximate surface area is 258 Å². The lowest BCUT2D eigenvalue weighted by Gasteiger charge is -2.28. The van der Waals surface area contributed by atoms with Crippen molar-refractivity contribution in [3.05, 3.63) is 53.1 Å². The highest BCUT2D eigenvalue weighted by atomic mass is 31.2. The number of benzene rings is 1. The fourth-order valence-electron chi connectivity index (χ4n) is 4.88. The molecule has 1 aromatic carbocycles. The predicted octanol–water partition coefficient (Wildman–Crippen LogP) is 2.55. The number of carbonyl (C=O) groups is 2. The van der Waals surface area contributed by atoms with Crippen LogP contribution in [0.5, 0.6) is 5.75 Å². The second-order valence-electron chi connectivity index (χ2n) is 11.3. The van der Waals surface area contributed by atoms with Gasteiger partial charge in [0.1, 0.15) is 23.7 Å². The van der Waals surface area contributed by atoms with Gasteiger partial charge in [-0.25, -0.2) is 9.36 Å². The van der Waals surface area contributed by atoms with Gasteiger partial charge in [-0.15, -0.1) is 0 Å². The molecule has 1 aromatic heterocycles. The molecule has 2 aliphatic heterocycles. The second-order valence-corrected chi connectivity index (χ2v) is 13.0. The monoisotopic (exact) mass is 657 g/mol. The molecule has 14 nitrogen and oxygen atoms in total. The minimum Gasteiger partial charge on any atom is -0.462 e. The van der Waals surface area contributed by atoms with Crippen LogP contribution >= 0.6 is 7.75 Å². The van der Waals surface area contributed by atoms with Gasteiger partial charge in [-0.05, 0) is 65.4 Å². The Morgan fingerprint density at radius 2 is 1.93 bits per heavy atom. The fraction of sp³-hybridized carbons (Fsp3) is 0.571. The smallest absolute Gasteiger partial charge is 0.459 e. The van der Waals surface area contributed by atoms with Gasteiger partial charge < -0.3 is 29.3 Å². The zero-order valence-corrected chi connectivity index (χ0v) is 26.2. The van der Waals surface area contributed by atoms with Crippen LogP contribution in [0.25, 0.3) is 0 Å². The van der Waals surface area contributed by atoms with E-state index in [0.717, 1.165) is 19.2 Å². The number of likely N-dealkylation sites (tertiary alicyclic amines) is 1. The van der Waals surface area contributed by atoms with Crippen LogP contribution in [-0.4, -0.2) is 88.5 Å². The van der Waals surface area contributed by atoms with Crippen LogP contribution in [-0.2, 0) is 28.2 Å². The number of piperidine rings is 1. The number of rotatable bonds is 12. The third-order valence-electron chi connectivity index (χ3n) is 7.14. The fourth-order valence-corrected chi connectivity index (χ4v) is 6.38. The third kappa shape index (κ3) is 8.71. The molecule has 0 radical (unpaired) electrons. The van der Waals surface area contributed by atoms with Crippen LogP contribution in [0.4, 0.5) is 14.6 Å². The zero-order chi connectivity index (χ0) is 32.9. The van der Waals surface area contributed by atoms with E-state index in [9.17, 15) is 24.1 Å². The Balaban J connectivity index is 1.46. The second kappa shape index (κ2) is 14.4. The first-order valence-electron chi connectivity index (χ1n) is 14.5. The van der Waals surface area contributed by atoms with Crippen molar-refractivity contribution < 1.29 is 46.6 Å². The third-order valence-corrected chi connectivity index (χ3v) is 8.79. The molecule has 2 aliphatic rings. The number of ether oxygens (including phenoxy) is 2. The first kappa shape index (κ1) is 34.6.